The topological polar surface area (TPSA) is 70.7 Å². The maximum atomic E-state index is 13.8. The normalized spacial score (nSPS) is 17.6. The van der Waals surface area contributed by atoms with Gasteiger partial charge in [-0.2, -0.15) is 0 Å². The molecule has 3 aromatic carbocycles. The molecule has 1 aliphatic carbocycles. The molecule has 0 bridgehead atoms. The Bertz CT molecular complexity index is 1640. The Morgan fingerprint density at radius 2 is 1.63 bits per heavy atom. The Hall–Kier alpha value is -3.45. The van der Waals surface area contributed by atoms with Gasteiger partial charge in [-0.05, 0) is 42.5 Å². The summed E-state index contributed by atoms with van der Waals surface area (Å²) >= 11 is 18.3. The van der Waals surface area contributed by atoms with Crippen LogP contribution in [-0.2, 0) is 4.74 Å². The van der Waals surface area contributed by atoms with E-state index < -0.39 is 23.3 Å². The van der Waals surface area contributed by atoms with Crippen molar-refractivity contribution in [2.24, 2.45) is 0 Å². The van der Waals surface area contributed by atoms with Crippen LogP contribution >= 0.6 is 34.8 Å². The van der Waals surface area contributed by atoms with Crippen LogP contribution in [0.2, 0.25) is 15.1 Å². The highest BCUT2D eigenvalue weighted by atomic mass is 35.5. The second-order valence-corrected chi connectivity index (χ2v) is 9.32. The molecule has 0 fully saturated rings. The Kier molecular flexibility index (Phi) is 5.25. The van der Waals surface area contributed by atoms with E-state index in [1.165, 1.54) is 12.1 Å². The minimum atomic E-state index is -0.855. The first-order valence-corrected chi connectivity index (χ1v) is 11.7. The number of rotatable bonds is 3. The standard InChI is InChI=1S/C26H14Cl3NO5/c27-13-5-8-15(9-6-13)33-21-12-18-22-24(17-4-2-1-3-16(17)23(18)34-21)35-26(32)30(25(22)31)20-10-7-14(28)11-19(20)29/h1-12,18,23H. The van der Waals surface area contributed by atoms with Gasteiger partial charge in [-0.1, -0.05) is 59.1 Å². The summed E-state index contributed by atoms with van der Waals surface area (Å²) in [5.41, 5.74) is 1.27. The molecule has 0 amide bonds. The fourth-order valence-electron chi connectivity index (χ4n) is 4.44. The van der Waals surface area contributed by atoms with E-state index in [0.29, 0.717) is 21.4 Å². The average molecular weight is 527 g/mol. The van der Waals surface area contributed by atoms with E-state index in [2.05, 4.69) is 0 Å². The van der Waals surface area contributed by atoms with E-state index in [4.69, 9.17) is 48.7 Å². The van der Waals surface area contributed by atoms with Crippen LogP contribution in [0.1, 0.15) is 23.1 Å². The molecule has 0 spiro atoms. The lowest BCUT2D eigenvalue weighted by atomic mass is 9.81. The van der Waals surface area contributed by atoms with Crippen molar-refractivity contribution >= 4 is 34.8 Å². The molecule has 2 atom stereocenters. The first-order chi connectivity index (χ1) is 16.9. The number of hydrogen-bond donors (Lipinski definition) is 0. The summed E-state index contributed by atoms with van der Waals surface area (Å²) in [4.78, 5) is 26.8. The molecule has 35 heavy (non-hydrogen) atoms. The number of nitrogens with zero attached hydrogens (tertiary/aromatic N) is 1. The summed E-state index contributed by atoms with van der Waals surface area (Å²) in [6.45, 7) is 0. The molecule has 0 saturated carbocycles. The number of halogens is 3. The Morgan fingerprint density at radius 3 is 2.40 bits per heavy atom. The van der Waals surface area contributed by atoms with Crippen molar-refractivity contribution in [2.45, 2.75) is 12.0 Å². The molecule has 6 nitrogen and oxygen atoms in total. The third-order valence-corrected chi connectivity index (χ3v) is 6.75. The van der Waals surface area contributed by atoms with Crippen molar-refractivity contribution in [2.75, 3.05) is 0 Å². The van der Waals surface area contributed by atoms with E-state index >= 15 is 0 Å². The molecular weight excluding hydrogens is 513 g/mol. The molecule has 0 N–H and O–H groups in total. The van der Waals surface area contributed by atoms with Gasteiger partial charge in [0.2, 0.25) is 0 Å². The molecule has 0 saturated heterocycles. The van der Waals surface area contributed by atoms with Crippen LogP contribution in [0.25, 0.3) is 17.0 Å². The fraction of sp³-hybridized carbons (Fsp3) is 0.0769. The lowest BCUT2D eigenvalue weighted by molar-refractivity contribution is 0.0599. The van der Waals surface area contributed by atoms with E-state index in [9.17, 15) is 9.59 Å². The maximum Gasteiger partial charge on any atom is 0.427 e. The van der Waals surface area contributed by atoms with E-state index in [0.717, 1.165) is 10.1 Å². The van der Waals surface area contributed by atoms with Gasteiger partial charge in [0, 0.05) is 27.2 Å². The van der Waals surface area contributed by atoms with Gasteiger partial charge in [0.25, 0.3) is 11.5 Å². The van der Waals surface area contributed by atoms with Gasteiger partial charge in [0.1, 0.15) is 17.6 Å². The molecule has 174 valence electrons. The van der Waals surface area contributed by atoms with Crippen molar-refractivity contribution in [1.29, 1.82) is 0 Å². The van der Waals surface area contributed by atoms with Gasteiger partial charge in [-0.25, -0.2) is 9.36 Å². The SMILES string of the molecule is O=c1oc2c(c(=O)n1-c1ccc(Cl)cc1Cl)C1C=C(Oc3ccc(Cl)cc3)OC1c1ccccc1-2. The van der Waals surface area contributed by atoms with Crippen LogP contribution in [0.15, 0.2) is 92.8 Å². The highest BCUT2D eigenvalue weighted by Crippen LogP contribution is 2.51. The summed E-state index contributed by atoms with van der Waals surface area (Å²) < 4.78 is 18.7. The van der Waals surface area contributed by atoms with Crippen molar-refractivity contribution in [1.82, 2.24) is 4.57 Å². The van der Waals surface area contributed by atoms with Gasteiger partial charge in [-0.3, -0.25) is 4.79 Å². The number of aromatic nitrogens is 1. The van der Waals surface area contributed by atoms with Crippen LogP contribution < -0.4 is 16.1 Å². The quantitative estimate of drug-likeness (QED) is 0.304. The first-order valence-electron chi connectivity index (χ1n) is 10.6. The highest BCUT2D eigenvalue weighted by molar-refractivity contribution is 6.35. The molecule has 2 aliphatic rings. The maximum absolute atomic E-state index is 13.8. The van der Waals surface area contributed by atoms with Crippen LogP contribution in [0.3, 0.4) is 0 Å². The van der Waals surface area contributed by atoms with Crippen molar-refractivity contribution < 1.29 is 13.9 Å². The molecule has 1 aliphatic heterocycles. The van der Waals surface area contributed by atoms with Crippen LogP contribution in [0, 0.1) is 0 Å². The second-order valence-electron chi connectivity index (χ2n) is 8.04. The minimum absolute atomic E-state index is 0.143. The van der Waals surface area contributed by atoms with Gasteiger partial charge in [-0.15, -0.1) is 0 Å². The molecule has 2 unspecified atom stereocenters. The fourth-order valence-corrected chi connectivity index (χ4v) is 5.06. The van der Waals surface area contributed by atoms with Crippen LogP contribution in [0.5, 0.6) is 5.75 Å². The summed E-state index contributed by atoms with van der Waals surface area (Å²) in [7, 11) is 0. The predicted molar refractivity (Wildman–Crippen MR) is 133 cm³/mol. The number of fused-ring (bicyclic) bond motifs is 6. The molecule has 1 aromatic heterocycles. The van der Waals surface area contributed by atoms with Gasteiger partial charge in [0.15, 0.2) is 0 Å². The molecule has 0 radical (unpaired) electrons. The van der Waals surface area contributed by atoms with Gasteiger partial charge >= 0.3 is 5.76 Å². The smallest absolute Gasteiger partial charge is 0.427 e. The van der Waals surface area contributed by atoms with Crippen LogP contribution in [-0.4, -0.2) is 4.57 Å². The van der Waals surface area contributed by atoms with Crippen molar-refractivity contribution in [3.8, 4) is 22.8 Å². The zero-order valence-electron chi connectivity index (χ0n) is 17.7. The molecule has 2 heterocycles. The lowest BCUT2D eigenvalue weighted by Gasteiger charge is -2.28. The molecule has 9 heteroatoms. The largest absolute Gasteiger partial charge is 0.456 e. The van der Waals surface area contributed by atoms with Crippen molar-refractivity contribution in [3.63, 3.8) is 0 Å². The van der Waals surface area contributed by atoms with Crippen molar-refractivity contribution in [3.05, 3.63) is 126 Å². The van der Waals surface area contributed by atoms with Gasteiger partial charge in [0.05, 0.1) is 22.2 Å². The van der Waals surface area contributed by atoms with E-state index in [-0.39, 0.29) is 28.0 Å². The first kappa shape index (κ1) is 22.0. The average Bonchev–Trinajstić information content (AvgIpc) is 3.25. The third-order valence-electron chi connectivity index (χ3n) is 5.96. The highest BCUT2D eigenvalue weighted by Gasteiger charge is 2.43. The lowest BCUT2D eigenvalue weighted by Crippen LogP contribution is -2.37. The van der Waals surface area contributed by atoms with E-state index in [1.807, 2.05) is 12.1 Å². The summed E-state index contributed by atoms with van der Waals surface area (Å²) in [5, 5.41) is 1.09. The number of ether oxygens (including phenoxy) is 2. The number of benzene rings is 3. The molecular formula is C26H14Cl3NO5. The van der Waals surface area contributed by atoms with E-state index in [1.54, 1.807) is 48.5 Å². The van der Waals surface area contributed by atoms with Crippen LogP contribution in [0.4, 0.5) is 0 Å². The predicted octanol–water partition coefficient (Wildman–Crippen LogP) is 6.51. The Balaban J connectivity index is 1.54. The monoisotopic (exact) mass is 525 g/mol. The molecule has 4 aromatic rings. The summed E-state index contributed by atoms with van der Waals surface area (Å²) in [6.07, 6.45) is 1.17. The Labute approximate surface area is 213 Å². The zero-order valence-corrected chi connectivity index (χ0v) is 20.0. The zero-order chi connectivity index (χ0) is 24.3. The van der Waals surface area contributed by atoms with Gasteiger partial charge < -0.3 is 13.9 Å². The minimum Gasteiger partial charge on any atom is -0.456 e. The Morgan fingerprint density at radius 1 is 0.886 bits per heavy atom. The second kappa shape index (κ2) is 8.34. The summed E-state index contributed by atoms with van der Waals surface area (Å²) in [5.74, 6) is -0.460. The summed E-state index contributed by atoms with van der Waals surface area (Å²) in [6, 6.07) is 18.6. The molecule has 6 rings (SSSR count). The third kappa shape index (κ3) is 3.65. The number of hydrogen-bond acceptors (Lipinski definition) is 5.